The van der Waals surface area contributed by atoms with Crippen molar-refractivity contribution < 1.29 is 4.39 Å². The van der Waals surface area contributed by atoms with Crippen LogP contribution in [-0.4, -0.2) is 11.5 Å². The number of rotatable bonds is 5. The van der Waals surface area contributed by atoms with Crippen molar-refractivity contribution in [2.45, 2.75) is 19.4 Å². The second-order valence-corrected chi connectivity index (χ2v) is 6.07. The summed E-state index contributed by atoms with van der Waals surface area (Å²) in [5.41, 5.74) is 3.40. The van der Waals surface area contributed by atoms with Crippen LogP contribution in [0.2, 0.25) is 0 Å². The van der Waals surface area contributed by atoms with E-state index in [0.29, 0.717) is 0 Å². The van der Waals surface area contributed by atoms with Gasteiger partial charge < -0.3 is 5.32 Å². The molecule has 108 valence electrons. The number of pyridine rings is 1. The van der Waals surface area contributed by atoms with Gasteiger partial charge in [0, 0.05) is 12.2 Å². The molecule has 0 aliphatic rings. The number of hydrogen-bond acceptors (Lipinski definition) is 3. The van der Waals surface area contributed by atoms with Gasteiger partial charge in [0.1, 0.15) is 5.82 Å². The number of thiophene rings is 1. The second-order valence-electron chi connectivity index (χ2n) is 5.12. The maximum Gasteiger partial charge on any atom is 0.123 e. The fourth-order valence-corrected chi connectivity index (χ4v) is 3.09. The molecule has 0 bridgehead atoms. The Morgan fingerprint density at radius 1 is 1.24 bits per heavy atom. The molecule has 3 rings (SSSR count). The summed E-state index contributed by atoms with van der Waals surface area (Å²) in [5.74, 6) is -0.185. The molecule has 0 saturated carbocycles. The molecule has 0 aliphatic carbocycles. The predicted molar refractivity (Wildman–Crippen MR) is 86.1 cm³/mol. The quantitative estimate of drug-likeness (QED) is 0.758. The molecule has 0 amide bonds. The molecule has 0 spiro atoms. The lowest BCUT2D eigenvalue weighted by molar-refractivity contribution is 0.575. The number of hydrogen-bond donors (Lipinski definition) is 1. The van der Waals surface area contributed by atoms with Gasteiger partial charge in [0.2, 0.25) is 0 Å². The topological polar surface area (TPSA) is 24.9 Å². The van der Waals surface area contributed by atoms with Crippen LogP contribution < -0.4 is 5.32 Å². The molecular weight excluding hydrogens is 283 g/mol. The number of benzene rings is 1. The van der Waals surface area contributed by atoms with Crippen LogP contribution in [0, 0.1) is 5.82 Å². The average Bonchev–Trinajstić information content (AvgIpc) is 2.96. The van der Waals surface area contributed by atoms with Crippen LogP contribution in [0.5, 0.6) is 0 Å². The fourth-order valence-electron chi connectivity index (χ4n) is 2.30. The number of aromatic nitrogens is 1. The zero-order valence-electron chi connectivity index (χ0n) is 11.8. The number of nitrogens with zero attached hydrogens (tertiary/aromatic N) is 1. The SMILES string of the molecule is CC(NCCc1ccc(F)cc1)c1cnc2ccsc2c1. The van der Waals surface area contributed by atoms with Gasteiger partial charge in [-0.1, -0.05) is 12.1 Å². The first kappa shape index (κ1) is 14.2. The van der Waals surface area contributed by atoms with E-state index in [2.05, 4.69) is 28.7 Å². The maximum atomic E-state index is 12.8. The van der Waals surface area contributed by atoms with Crippen LogP contribution in [0.3, 0.4) is 0 Å². The summed E-state index contributed by atoms with van der Waals surface area (Å²) in [6.45, 7) is 3.00. The van der Waals surface area contributed by atoms with Crippen molar-refractivity contribution in [1.82, 2.24) is 10.3 Å². The molecule has 3 aromatic rings. The molecule has 2 nitrogen and oxygen atoms in total. The van der Waals surface area contributed by atoms with Crippen molar-refractivity contribution in [2.24, 2.45) is 0 Å². The van der Waals surface area contributed by atoms with E-state index in [0.717, 1.165) is 24.0 Å². The Hall–Kier alpha value is -1.78. The standard InChI is InChI=1S/C17H17FN2S/c1-12(14-10-17-16(20-11-14)7-9-21-17)19-8-6-13-2-4-15(18)5-3-13/h2-5,7,9-12,19H,6,8H2,1H3. The minimum Gasteiger partial charge on any atom is -0.310 e. The molecule has 1 aromatic carbocycles. The molecule has 2 aromatic heterocycles. The monoisotopic (exact) mass is 300 g/mol. The molecule has 2 heterocycles. The van der Waals surface area contributed by atoms with Crippen LogP contribution in [-0.2, 0) is 6.42 Å². The highest BCUT2D eigenvalue weighted by Crippen LogP contribution is 2.22. The van der Waals surface area contributed by atoms with Gasteiger partial charge in [-0.15, -0.1) is 11.3 Å². The Morgan fingerprint density at radius 2 is 2.05 bits per heavy atom. The Balaban J connectivity index is 1.58. The van der Waals surface area contributed by atoms with Crippen molar-refractivity contribution in [3.8, 4) is 0 Å². The van der Waals surface area contributed by atoms with Crippen LogP contribution in [0.25, 0.3) is 10.2 Å². The Kier molecular flexibility index (Phi) is 4.27. The Morgan fingerprint density at radius 3 is 2.86 bits per heavy atom. The van der Waals surface area contributed by atoms with E-state index in [1.54, 1.807) is 11.3 Å². The van der Waals surface area contributed by atoms with Crippen molar-refractivity contribution in [2.75, 3.05) is 6.54 Å². The first-order valence-corrected chi connectivity index (χ1v) is 7.91. The molecule has 1 atom stereocenters. The van der Waals surface area contributed by atoms with Gasteiger partial charge in [-0.3, -0.25) is 4.98 Å². The van der Waals surface area contributed by atoms with Gasteiger partial charge in [0.15, 0.2) is 0 Å². The van der Waals surface area contributed by atoms with Gasteiger partial charge in [0.25, 0.3) is 0 Å². The van der Waals surface area contributed by atoms with Crippen molar-refractivity contribution in [1.29, 1.82) is 0 Å². The summed E-state index contributed by atoms with van der Waals surface area (Å²) in [6.07, 6.45) is 2.82. The van der Waals surface area contributed by atoms with E-state index in [1.807, 2.05) is 24.4 Å². The minimum atomic E-state index is -0.185. The molecule has 1 unspecified atom stereocenters. The van der Waals surface area contributed by atoms with Crippen LogP contribution in [0.1, 0.15) is 24.1 Å². The highest BCUT2D eigenvalue weighted by molar-refractivity contribution is 7.17. The summed E-state index contributed by atoms with van der Waals surface area (Å²) < 4.78 is 14.1. The van der Waals surface area contributed by atoms with Gasteiger partial charge in [0.05, 0.1) is 10.2 Å². The Bertz CT molecular complexity index is 721. The lowest BCUT2D eigenvalue weighted by Gasteiger charge is -2.14. The highest BCUT2D eigenvalue weighted by atomic mass is 32.1. The zero-order chi connectivity index (χ0) is 14.7. The van der Waals surface area contributed by atoms with E-state index in [9.17, 15) is 4.39 Å². The molecule has 1 N–H and O–H groups in total. The van der Waals surface area contributed by atoms with E-state index in [4.69, 9.17) is 0 Å². The van der Waals surface area contributed by atoms with E-state index < -0.39 is 0 Å². The normalized spacial score (nSPS) is 12.7. The Labute approximate surface area is 127 Å². The first-order valence-electron chi connectivity index (χ1n) is 7.03. The minimum absolute atomic E-state index is 0.185. The third-order valence-electron chi connectivity index (χ3n) is 3.60. The average molecular weight is 300 g/mol. The molecular formula is C17H17FN2S. The predicted octanol–water partition coefficient (Wildman–Crippen LogP) is 4.33. The lowest BCUT2D eigenvalue weighted by Crippen LogP contribution is -2.21. The first-order chi connectivity index (χ1) is 10.2. The van der Waals surface area contributed by atoms with E-state index in [-0.39, 0.29) is 11.9 Å². The van der Waals surface area contributed by atoms with Crippen LogP contribution in [0.4, 0.5) is 4.39 Å². The van der Waals surface area contributed by atoms with Crippen molar-refractivity contribution >= 4 is 21.6 Å². The number of fused-ring (bicyclic) bond motifs is 1. The number of halogens is 1. The van der Waals surface area contributed by atoms with Crippen molar-refractivity contribution in [3.63, 3.8) is 0 Å². The third kappa shape index (κ3) is 3.46. The summed E-state index contributed by atoms with van der Waals surface area (Å²) in [4.78, 5) is 4.47. The molecule has 0 fully saturated rings. The summed E-state index contributed by atoms with van der Waals surface area (Å²) >= 11 is 1.72. The van der Waals surface area contributed by atoms with Crippen LogP contribution >= 0.6 is 11.3 Å². The summed E-state index contributed by atoms with van der Waals surface area (Å²) in [6, 6.07) is 11.2. The van der Waals surface area contributed by atoms with E-state index >= 15 is 0 Å². The van der Waals surface area contributed by atoms with Gasteiger partial charge in [-0.25, -0.2) is 4.39 Å². The summed E-state index contributed by atoms with van der Waals surface area (Å²) in [7, 11) is 0. The van der Waals surface area contributed by atoms with Gasteiger partial charge >= 0.3 is 0 Å². The highest BCUT2D eigenvalue weighted by Gasteiger charge is 2.07. The van der Waals surface area contributed by atoms with E-state index in [1.165, 1.54) is 22.4 Å². The molecule has 0 radical (unpaired) electrons. The van der Waals surface area contributed by atoms with Gasteiger partial charge in [-0.05, 0) is 60.7 Å². The van der Waals surface area contributed by atoms with Crippen LogP contribution in [0.15, 0.2) is 48.0 Å². The molecule has 4 heteroatoms. The van der Waals surface area contributed by atoms with Gasteiger partial charge in [-0.2, -0.15) is 0 Å². The fraction of sp³-hybridized carbons (Fsp3) is 0.235. The molecule has 21 heavy (non-hydrogen) atoms. The lowest BCUT2D eigenvalue weighted by atomic mass is 10.1. The zero-order valence-corrected chi connectivity index (χ0v) is 12.7. The maximum absolute atomic E-state index is 12.8. The smallest absolute Gasteiger partial charge is 0.123 e. The second kappa shape index (κ2) is 6.33. The number of nitrogens with one attached hydrogen (secondary N) is 1. The molecule has 0 aliphatic heterocycles. The van der Waals surface area contributed by atoms with Crippen molar-refractivity contribution in [3.05, 3.63) is 64.9 Å². The molecule has 0 saturated heterocycles. The largest absolute Gasteiger partial charge is 0.310 e. The summed E-state index contributed by atoms with van der Waals surface area (Å²) in [5, 5.41) is 5.55. The third-order valence-corrected chi connectivity index (χ3v) is 4.45.